The Labute approximate surface area is 162 Å². The van der Waals surface area contributed by atoms with Crippen LogP contribution in [0.2, 0.25) is 5.02 Å². The number of benzene rings is 1. The van der Waals surface area contributed by atoms with Gasteiger partial charge in [-0.25, -0.2) is 0 Å². The molecule has 3 N–H and O–H groups in total. The molecule has 0 aliphatic carbocycles. The number of ether oxygens (including phenoxy) is 1. The van der Waals surface area contributed by atoms with Crippen LogP contribution in [0.1, 0.15) is 42.4 Å². The fourth-order valence-corrected chi connectivity index (χ4v) is 2.22. The molecule has 0 aliphatic heterocycles. The minimum absolute atomic E-state index is 0.181. The average molecular weight is 398 g/mol. The van der Waals surface area contributed by atoms with Crippen LogP contribution in [0.25, 0.3) is 0 Å². The number of amides is 1. The van der Waals surface area contributed by atoms with Crippen molar-refractivity contribution in [3.05, 3.63) is 46.8 Å². The number of nitrogens with zero attached hydrogens (tertiary/aromatic N) is 2. The molecule has 0 aliphatic rings. The number of halogens is 1. The predicted molar refractivity (Wildman–Crippen MR) is 101 cm³/mol. The molecule has 8 nitrogen and oxygen atoms in total. The van der Waals surface area contributed by atoms with Crippen molar-refractivity contribution in [2.75, 3.05) is 20.2 Å². The molecule has 0 fully saturated rings. The van der Waals surface area contributed by atoms with Crippen LogP contribution in [0.4, 0.5) is 0 Å². The van der Waals surface area contributed by atoms with Crippen molar-refractivity contribution in [1.29, 1.82) is 0 Å². The normalized spacial score (nSPS) is 11.1. The molecule has 2 aromatic rings. The van der Waals surface area contributed by atoms with Crippen molar-refractivity contribution in [3.8, 4) is 5.75 Å². The number of hydrogen-bond acceptors (Lipinski definition) is 6. The number of carbonyl (C=O) groups excluding carboxylic acids is 1. The van der Waals surface area contributed by atoms with Gasteiger partial charge in [0.1, 0.15) is 17.7 Å². The van der Waals surface area contributed by atoms with Crippen LogP contribution in [0.5, 0.6) is 5.75 Å². The van der Waals surface area contributed by atoms with Gasteiger partial charge in [-0.1, -0.05) is 16.8 Å². The zero-order valence-corrected chi connectivity index (χ0v) is 16.3. The van der Waals surface area contributed by atoms with Crippen molar-refractivity contribution in [2.24, 2.45) is 5.73 Å². The molecule has 0 spiro atoms. The number of carboxylic acids is 1. The van der Waals surface area contributed by atoms with Gasteiger partial charge < -0.3 is 25.0 Å². The molecule has 0 bridgehead atoms. The molecule has 9 heteroatoms. The van der Waals surface area contributed by atoms with Crippen LogP contribution in [-0.4, -0.2) is 47.2 Å². The van der Waals surface area contributed by atoms with Gasteiger partial charge in [0.15, 0.2) is 0 Å². The van der Waals surface area contributed by atoms with Crippen LogP contribution in [-0.2, 0) is 4.79 Å². The second-order valence-electron chi connectivity index (χ2n) is 5.67. The van der Waals surface area contributed by atoms with Gasteiger partial charge in [-0.15, -0.1) is 0 Å². The second-order valence-corrected chi connectivity index (χ2v) is 6.10. The maximum absolute atomic E-state index is 12.8. The first-order valence-electron chi connectivity index (χ1n) is 8.27. The first-order valence-corrected chi connectivity index (χ1v) is 8.65. The van der Waals surface area contributed by atoms with E-state index in [4.69, 9.17) is 36.5 Å². The Kier molecular flexibility index (Phi) is 9.32. The number of rotatable bonds is 7. The molecule has 1 aromatic carbocycles. The highest BCUT2D eigenvalue weighted by Gasteiger charge is 2.23. The molecule has 0 radical (unpaired) electrons. The smallest absolute Gasteiger partial charge is 0.300 e. The summed E-state index contributed by atoms with van der Waals surface area (Å²) < 4.78 is 10.5. The Morgan fingerprint density at radius 2 is 2.07 bits per heavy atom. The largest absolute Gasteiger partial charge is 0.493 e. The summed E-state index contributed by atoms with van der Waals surface area (Å²) in [6.45, 7) is 3.91. The van der Waals surface area contributed by atoms with Gasteiger partial charge in [-0.3, -0.25) is 9.59 Å². The van der Waals surface area contributed by atoms with Crippen molar-refractivity contribution in [1.82, 2.24) is 10.1 Å². The molecule has 2 rings (SSSR count). The van der Waals surface area contributed by atoms with E-state index in [1.807, 2.05) is 6.92 Å². The standard InChI is InChI=1S/C16H20ClN3O3.C2H4O2/c1-11(14-6-9-23-19-14)20(2)16(21)13-5-4-12(17)10-15(13)22-8-3-7-18;1-2(3)4/h4-6,9-11H,3,7-8,18H2,1-2H3;1H3,(H,3,4). The third kappa shape index (κ3) is 7.28. The maximum Gasteiger partial charge on any atom is 0.300 e. The molecule has 1 heterocycles. The zero-order chi connectivity index (χ0) is 20.4. The van der Waals surface area contributed by atoms with Gasteiger partial charge >= 0.3 is 0 Å². The highest BCUT2D eigenvalue weighted by atomic mass is 35.5. The van der Waals surface area contributed by atoms with Crippen molar-refractivity contribution >= 4 is 23.5 Å². The Morgan fingerprint density at radius 3 is 2.63 bits per heavy atom. The highest BCUT2D eigenvalue weighted by molar-refractivity contribution is 6.30. The van der Waals surface area contributed by atoms with Gasteiger partial charge in [-0.05, 0) is 38.1 Å². The Balaban J connectivity index is 0.000000828. The molecule has 148 valence electrons. The second kappa shape index (κ2) is 11.2. The fourth-order valence-electron chi connectivity index (χ4n) is 2.06. The summed E-state index contributed by atoms with van der Waals surface area (Å²) in [5.74, 6) is -0.560. The minimum Gasteiger partial charge on any atom is -0.493 e. The molecular weight excluding hydrogens is 374 g/mol. The van der Waals surface area contributed by atoms with Crippen molar-refractivity contribution in [3.63, 3.8) is 0 Å². The van der Waals surface area contributed by atoms with E-state index in [2.05, 4.69) is 5.16 Å². The third-order valence-corrected chi connectivity index (χ3v) is 3.80. The monoisotopic (exact) mass is 397 g/mol. The number of nitrogens with two attached hydrogens (primary N) is 1. The highest BCUT2D eigenvalue weighted by Crippen LogP contribution is 2.27. The number of carboxylic acid groups (broad SMARTS) is 1. The van der Waals surface area contributed by atoms with E-state index in [9.17, 15) is 4.79 Å². The quantitative estimate of drug-likeness (QED) is 0.689. The summed E-state index contributed by atoms with van der Waals surface area (Å²) in [6, 6.07) is 6.47. The lowest BCUT2D eigenvalue weighted by Gasteiger charge is -2.24. The van der Waals surface area contributed by atoms with E-state index in [-0.39, 0.29) is 11.9 Å². The van der Waals surface area contributed by atoms with Crippen LogP contribution in [0, 0.1) is 0 Å². The lowest BCUT2D eigenvalue weighted by atomic mass is 10.1. The first-order chi connectivity index (χ1) is 12.8. The topological polar surface area (TPSA) is 119 Å². The van der Waals surface area contributed by atoms with E-state index in [1.54, 1.807) is 36.2 Å². The number of carbonyl (C=O) groups is 2. The molecule has 0 saturated heterocycles. The summed E-state index contributed by atoms with van der Waals surface area (Å²) in [5, 5.41) is 11.8. The van der Waals surface area contributed by atoms with Gasteiger partial charge in [-0.2, -0.15) is 0 Å². The van der Waals surface area contributed by atoms with Gasteiger partial charge in [0.2, 0.25) is 0 Å². The third-order valence-electron chi connectivity index (χ3n) is 3.57. The SMILES string of the molecule is CC(=O)O.CC(c1ccon1)N(C)C(=O)c1ccc(Cl)cc1OCCCN. The van der Waals surface area contributed by atoms with Crippen LogP contribution in [0.3, 0.4) is 0 Å². The van der Waals surface area contributed by atoms with Crippen LogP contribution < -0.4 is 10.5 Å². The number of hydrogen-bond donors (Lipinski definition) is 2. The van der Waals surface area contributed by atoms with Gasteiger partial charge in [0.25, 0.3) is 11.9 Å². The lowest BCUT2D eigenvalue weighted by molar-refractivity contribution is -0.134. The molecule has 1 aromatic heterocycles. The minimum atomic E-state index is -0.833. The number of aliphatic carboxylic acids is 1. The Morgan fingerprint density at radius 1 is 1.41 bits per heavy atom. The summed E-state index contributed by atoms with van der Waals surface area (Å²) >= 11 is 6.01. The number of aromatic nitrogens is 1. The lowest BCUT2D eigenvalue weighted by Crippen LogP contribution is -2.30. The summed E-state index contributed by atoms with van der Waals surface area (Å²) in [4.78, 5) is 23.3. The average Bonchev–Trinajstić information content (AvgIpc) is 3.14. The molecule has 1 amide bonds. The van der Waals surface area contributed by atoms with E-state index < -0.39 is 5.97 Å². The fraction of sp³-hybridized carbons (Fsp3) is 0.389. The van der Waals surface area contributed by atoms with Crippen molar-refractivity contribution < 1.29 is 24.0 Å². The molecule has 1 unspecified atom stereocenters. The molecule has 0 saturated carbocycles. The van der Waals surface area contributed by atoms with E-state index in [0.717, 1.165) is 6.92 Å². The van der Waals surface area contributed by atoms with E-state index in [0.29, 0.717) is 41.6 Å². The maximum atomic E-state index is 12.8. The summed E-state index contributed by atoms with van der Waals surface area (Å²) in [7, 11) is 1.71. The molecular formula is C18H24ClN3O5. The van der Waals surface area contributed by atoms with Crippen molar-refractivity contribution in [2.45, 2.75) is 26.3 Å². The van der Waals surface area contributed by atoms with Crippen LogP contribution in [0.15, 0.2) is 35.1 Å². The Hall–Kier alpha value is -2.58. The van der Waals surface area contributed by atoms with E-state index in [1.165, 1.54) is 6.26 Å². The van der Waals surface area contributed by atoms with E-state index >= 15 is 0 Å². The predicted octanol–water partition coefficient (Wildman–Crippen LogP) is 2.98. The summed E-state index contributed by atoms with van der Waals surface area (Å²) in [5.41, 5.74) is 6.59. The van der Waals surface area contributed by atoms with Gasteiger partial charge in [0.05, 0.1) is 18.2 Å². The first kappa shape index (κ1) is 22.5. The van der Waals surface area contributed by atoms with Gasteiger partial charge in [0, 0.05) is 25.1 Å². The zero-order valence-electron chi connectivity index (χ0n) is 15.5. The molecule has 27 heavy (non-hydrogen) atoms. The van der Waals surface area contributed by atoms with Crippen LogP contribution >= 0.6 is 11.6 Å². The molecule has 1 atom stereocenters. The Bertz CT molecular complexity index is 733. The summed E-state index contributed by atoms with van der Waals surface area (Å²) in [6.07, 6.45) is 2.18.